The molecule has 4 heteroatoms. The van der Waals surface area contributed by atoms with Gasteiger partial charge in [0.05, 0.1) is 0 Å². The molecule has 0 amide bonds. The standard InChI is InChI=1S/C7H18N3.Y/c1-2-4-9-6-7-10-5-3-8;/h9-10H,1-8H2;/q-1;+3. The summed E-state index contributed by atoms with van der Waals surface area (Å²) in [5, 5.41) is 6.41. The average molecular weight is 233 g/mol. The molecule has 0 heterocycles. The van der Waals surface area contributed by atoms with Crippen LogP contribution < -0.4 is 16.4 Å². The molecule has 0 saturated heterocycles. The first kappa shape index (κ1) is 14.5. The number of hydrogen-bond donors (Lipinski definition) is 3. The molecule has 3 nitrogen and oxygen atoms in total. The zero-order valence-electron chi connectivity index (χ0n) is 7.10. The van der Waals surface area contributed by atoms with Gasteiger partial charge in [-0.2, -0.15) is 6.42 Å². The van der Waals surface area contributed by atoms with Gasteiger partial charge in [-0.3, -0.25) is 0 Å². The van der Waals surface area contributed by atoms with Gasteiger partial charge in [-0.05, 0) is 6.54 Å². The van der Waals surface area contributed by atoms with Gasteiger partial charge < -0.3 is 23.3 Å². The molecule has 0 aromatic rings. The maximum atomic E-state index is 5.28. The summed E-state index contributed by atoms with van der Waals surface area (Å²) in [4.78, 5) is 0. The largest absolute Gasteiger partial charge is 3.00 e. The molecule has 0 bridgehead atoms. The zero-order chi connectivity index (χ0) is 7.66. The van der Waals surface area contributed by atoms with Crippen molar-refractivity contribution in [3.05, 3.63) is 6.92 Å². The Morgan fingerprint density at radius 3 is 2.00 bits per heavy atom. The number of nitrogens with two attached hydrogens (primary N) is 1. The molecule has 0 radical (unpaired) electrons. The van der Waals surface area contributed by atoms with Gasteiger partial charge in [0, 0.05) is 26.2 Å². The van der Waals surface area contributed by atoms with E-state index in [1.807, 2.05) is 0 Å². The van der Waals surface area contributed by atoms with E-state index in [1.165, 1.54) is 0 Å². The Bertz CT molecular complexity index is 53.6. The van der Waals surface area contributed by atoms with Gasteiger partial charge in [0.2, 0.25) is 0 Å². The van der Waals surface area contributed by atoms with Gasteiger partial charge in [-0.1, -0.05) is 0 Å². The number of rotatable bonds is 7. The van der Waals surface area contributed by atoms with E-state index >= 15 is 0 Å². The molecule has 0 spiro atoms. The molecular formula is C7H18N3Y+2. The Morgan fingerprint density at radius 1 is 1.00 bits per heavy atom. The summed E-state index contributed by atoms with van der Waals surface area (Å²) in [7, 11) is 0. The summed E-state index contributed by atoms with van der Waals surface area (Å²) in [5.74, 6) is 0. The number of hydrogen-bond acceptors (Lipinski definition) is 3. The van der Waals surface area contributed by atoms with Crippen LogP contribution in [0.1, 0.15) is 6.42 Å². The molecule has 62 valence electrons. The first-order chi connectivity index (χ1) is 4.91. The average Bonchev–Trinajstić information content (AvgIpc) is 1.97. The molecule has 0 aliphatic rings. The fraction of sp³-hybridized carbons (Fsp3) is 0.857. The minimum absolute atomic E-state index is 0. The second-order valence-electron chi connectivity index (χ2n) is 2.14. The molecular weight excluding hydrogens is 215 g/mol. The van der Waals surface area contributed by atoms with Crippen molar-refractivity contribution in [2.45, 2.75) is 6.42 Å². The van der Waals surface area contributed by atoms with E-state index in [0.717, 1.165) is 39.1 Å². The maximum Gasteiger partial charge on any atom is 3.00 e. The summed E-state index contributed by atoms with van der Waals surface area (Å²) in [6, 6.07) is 0. The maximum absolute atomic E-state index is 5.28. The van der Waals surface area contributed by atoms with Crippen LogP contribution in [0.25, 0.3) is 0 Å². The van der Waals surface area contributed by atoms with Crippen LogP contribution in [-0.2, 0) is 32.7 Å². The second-order valence-corrected chi connectivity index (χ2v) is 2.14. The van der Waals surface area contributed by atoms with Crippen molar-refractivity contribution < 1.29 is 32.7 Å². The minimum Gasteiger partial charge on any atom is -0.342 e. The monoisotopic (exact) mass is 233 g/mol. The Morgan fingerprint density at radius 2 is 1.55 bits per heavy atom. The molecule has 0 aromatic carbocycles. The summed E-state index contributed by atoms with van der Waals surface area (Å²) in [5.41, 5.74) is 5.28. The first-order valence-electron chi connectivity index (χ1n) is 3.82. The van der Waals surface area contributed by atoms with Crippen LogP contribution in [0.15, 0.2) is 0 Å². The minimum atomic E-state index is 0. The topological polar surface area (TPSA) is 50.1 Å². The van der Waals surface area contributed by atoms with E-state index in [9.17, 15) is 0 Å². The molecule has 4 N–H and O–H groups in total. The predicted molar refractivity (Wildman–Crippen MR) is 44.8 cm³/mol. The van der Waals surface area contributed by atoms with Gasteiger partial charge in [-0.15, -0.1) is 0 Å². The fourth-order valence-electron chi connectivity index (χ4n) is 0.654. The Hall–Kier alpha value is 0.984. The van der Waals surface area contributed by atoms with E-state index in [0.29, 0.717) is 0 Å². The van der Waals surface area contributed by atoms with Gasteiger partial charge in [0.25, 0.3) is 0 Å². The summed E-state index contributed by atoms with van der Waals surface area (Å²) < 4.78 is 0. The molecule has 0 aromatic heterocycles. The quantitative estimate of drug-likeness (QED) is 0.404. The van der Waals surface area contributed by atoms with Crippen molar-refractivity contribution >= 4 is 0 Å². The van der Waals surface area contributed by atoms with Crippen molar-refractivity contribution in [1.29, 1.82) is 0 Å². The molecule has 0 rings (SSSR count). The fourth-order valence-corrected chi connectivity index (χ4v) is 0.654. The van der Waals surface area contributed by atoms with Crippen LogP contribution in [0.2, 0.25) is 0 Å². The van der Waals surface area contributed by atoms with Crippen LogP contribution in [0, 0.1) is 6.92 Å². The third-order valence-corrected chi connectivity index (χ3v) is 1.15. The summed E-state index contributed by atoms with van der Waals surface area (Å²) in [6.07, 6.45) is 0.955. The van der Waals surface area contributed by atoms with E-state index in [1.54, 1.807) is 0 Å². The molecule has 0 fully saturated rings. The van der Waals surface area contributed by atoms with E-state index in [2.05, 4.69) is 17.6 Å². The van der Waals surface area contributed by atoms with Crippen molar-refractivity contribution in [2.24, 2.45) is 5.73 Å². The van der Waals surface area contributed by atoms with Gasteiger partial charge in [-0.25, -0.2) is 0 Å². The van der Waals surface area contributed by atoms with Crippen molar-refractivity contribution in [3.63, 3.8) is 0 Å². The van der Waals surface area contributed by atoms with Crippen molar-refractivity contribution in [3.8, 4) is 0 Å². The zero-order valence-corrected chi connectivity index (χ0v) is 9.94. The molecule has 0 atom stereocenters. The normalized spacial score (nSPS) is 9.27. The molecule has 0 aliphatic heterocycles. The van der Waals surface area contributed by atoms with Crippen LogP contribution in [-0.4, -0.2) is 32.7 Å². The van der Waals surface area contributed by atoms with E-state index < -0.39 is 0 Å². The van der Waals surface area contributed by atoms with Gasteiger partial charge >= 0.3 is 32.7 Å². The van der Waals surface area contributed by atoms with Crippen LogP contribution in [0.3, 0.4) is 0 Å². The predicted octanol–water partition coefficient (Wildman–Crippen LogP) is -0.654. The third-order valence-electron chi connectivity index (χ3n) is 1.15. The molecule has 0 unspecified atom stereocenters. The van der Waals surface area contributed by atoms with Crippen LogP contribution in [0.5, 0.6) is 0 Å². The molecule has 0 saturated carbocycles. The first-order valence-corrected chi connectivity index (χ1v) is 3.82. The Labute approximate surface area is 94.8 Å². The second kappa shape index (κ2) is 13.6. The van der Waals surface area contributed by atoms with Crippen LogP contribution >= 0.6 is 0 Å². The van der Waals surface area contributed by atoms with E-state index in [-0.39, 0.29) is 32.7 Å². The summed E-state index contributed by atoms with van der Waals surface area (Å²) in [6.45, 7) is 8.35. The SMILES string of the molecule is [CH2-]CCNCCNCCN.[Y+3]. The smallest absolute Gasteiger partial charge is 0.342 e. The van der Waals surface area contributed by atoms with Crippen molar-refractivity contribution in [1.82, 2.24) is 10.6 Å². The Balaban J connectivity index is 0. The Kier molecular flexibility index (Phi) is 17.9. The summed E-state index contributed by atoms with van der Waals surface area (Å²) >= 11 is 0. The van der Waals surface area contributed by atoms with E-state index in [4.69, 9.17) is 5.73 Å². The number of nitrogens with one attached hydrogen (secondary N) is 2. The molecule has 0 aliphatic carbocycles. The van der Waals surface area contributed by atoms with Crippen LogP contribution in [0.4, 0.5) is 0 Å². The third kappa shape index (κ3) is 13.9. The van der Waals surface area contributed by atoms with Crippen molar-refractivity contribution in [2.75, 3.05) is 32.7 Å². The van der Waals surface area contributed by atoms with Gasteiger partial charge in [0.1, 0.15) is 0 Å². The molecule has 11 heavy (non-hydrogen) atoms. The van der Waals surface area contributed by atoms with Gasteiger partial charge in [0.15, 0.2) is 0 Å².